The van der Waals surface area contributed by atoms with E-state index < -0.39 is 13.2 Å². The van der Waals surface area contributed by atoms with Gasteiger partial charge < -0.3 is 0 Å². The van der Waals surface area contributed by atoms with Crippen molar-refractivity contribution < 1.29 is 13.2 Å². The van der Waals surface area contributed by atoms with Crippen molar-refractivity contribution >= 4 is 39.9 Å². The van der Waals surface area contributed by atoms with Crippen molar-refractivity contribution in [2.75, 3.05) is 0 Å². The Kier molecular flexibility index (Phi) is 4.03. The van der Waals surface area contributed by atoms with Gasteiger partial charge in [-0.05, 0) is 0 Å². The molecule has 0 nitrogen and oxygen atoms in total. The van der Waals surface area contributed by atoms with Crippen LogP contribution in [0.25, 0.3) is 0 Å². The van der Waals surface area contributed by atoms with E-state index in [2.05, 4.69) is 67.8 Å². The second-order valence-corrected chi connectivity index (χ2v) is 46.1. The van der Waals surface area contributed by atoms with Gasteiger partial charge in [-0.15, -0.1) is 0 Å². The van der Waals surface area contributed by atoms with Gasteiger partial charge >= 0.3 is 89.9 Å². The normalized spacial score (nSPS) is 11.6. The van der Waals surface area contributed by atoms with Crippen molar-refractivity contribution in [3.05, 3.63) is 29.8 Å². The molecule has 4 heteroatoms. The van der Waals surface area contributed by atoms with Crippen LogP contribution in [0, 0.1) is 6.92 Å². The molecule has 0 unspecified atom stereocenters. The van der Waals surface area contributed by atoms with Gasteiger partial charge in [0.25, 0.3) is 0 Å². The summed E-state index contributed by atoms with van der Waals surface area (Å²) in [6.45, 7) is 2.13. The zero-order chi connectivity index (χ0) is 8.48. The SMILES string of the molecule is Cc1cccc[c]1[Zr]([Br])([Br])[Br]. The average molecular weight is 422 g/mol. The Balaban J connectivity index is 3.14. The topological polar surface area (TPSA) is 0 Å². The van der Waals surface area contributed by atoms with Crippen LogP contribution in [0.15, 0.2) is 24.3 Å². The molecule has 0 heterocycles. The molecule has 0 spiro atoms. The molecule has 0 saturated heterocycles. The fourth-order valence-electron chi connectivity index (χ4n) is 0.891. The van der Waals surface area contributed by atoms with Crippen LogP contribution in [0.5, 0.6) is 0 Å². The first-order chi connectivity index (χ1) is 5.02. The second kappa shape index (κ2) is 4.17. The zero-order valence-corrected chi connectivity index (χ0v) is 13.2. The van der Waals surface area contributed by atoms with E-state index in [0.717, 1.165) is 0 Å². The molecule has 11 heavy (non-hydrogen) atoms. The summed E-state index contributed by atoms with van der Waals surface area (Å²) in [4.78, 5) is 0. The van der Waals surface area contributed by atoms with Crippen molar-refractivity contribution in [1.29, 1.82) is 0 Å². The molecule has 0 bridgehead atoms. The van der Waals surface area contributed by atoms with Crippen molar-refractivity contribution in [3.8, 4) is 0 Å². The quantitative estimate of drug-likeness (QED) is 0.648. The summed E-state index contributed by atoms with van der Waals surface area (Å²) >= 11 is 8.71. The molecule has 0 saturated carbocycles. The molecule has 0 atom stereocenters. The number of benzene rings is 1. The maximum atomic E-state index is 3.68. The summed E-state index contributed by atoms with van der Waals surface area (Å²) in [5.41, 5.74) is 1.34. The average Bonchev–Trinajstić information content (AvgIpc) is 1.86. The molecular weight excluding hydrogens is 415 g/mol. The van der Waals surface area contributed by atoms with E-state index in [4.69, 9.17) is 0 Å². The molecule has 1 aromatic carbocycles. The van der Waals surface area contributed by atoms with E-state index in [1.165, 1.54) is 8.83 Å². The Morgan fingerprint density at radius 1 is 1.09 bits per heavy atom. The van der Waals surface area contributed by atoms with Crippen molar-refractivity contribution in [3.63, 3.8) is 0 Å². The molecule has 1 rings (SSSR count). The Morgan fingerprint density at radius 2 is 1.64 bits per heavy atom. The number of rotatable bonds is 1. The summed E-state index contributed by atoms with van der Waals surface area (Å²) in [5.74, 6) is 0. The molecule has 0 aliphatic carbocycles. The van der Waals surface area contributed by atoms with Gasteiger partial charge in [-0.25, -0.2) is 0 Å². The molecule has 1 aromatic rings. The third-order valence-electron chi connectivity index (χ3n) is 1.45. The first-order valence-electron chi connectivity index (χ1n) is 3.14. The van der Waals surface area contributed by atoms with Crippen LogP contribution < -0.4 is 3.27 Å². The monoisotopic (exact) mass is 418 g/mol. The van der Waals surface area contributed by atoms with Crippen molar-refractivity contribution in [1.82, 2.24) is 0 Å². The molecule has 0 aliphatic rings. The fraction of sp³-hybridized carbons (Fsp3) is 0.143. The molecule has 0 aromatic heterocycles. The molecule has 0 N–H and O–H groups in total. The fourth-order valence-corrected chi connectivity index (χ4v) is 10.8. The Morgan fingerprint density at radius 3 is 2.00 bits per heavy atom. The van der Waals surface area contributed by atoms with Crippen LogP contribution in [0.3, 0.4) is 0 Å². The molecule has 0 radical (unpaired) electrons. The van der Waals surface area contributed by atoms with E-state index in [9.17, 15) is 0 Å². The van der Waals surface area contributed by atoms with Crippen molar-refractivity contribution in [2.24, 2.45) is 0 Å². The van der Waals surface area contributed by atoms with Gasteiger partial charge in [-0.1, -0.05) is 0 Å². The van der Waals surface area contributed by atoms with Crippen LogP contribution in [-0.4, -0.2) is 0 Å². The Labute approximate surface area is 88.5 Å². The number of hydrogen-bond donors (Lipinski definition) is 0. The van der Waals surface area contributed by atoms with Gasteiger partial charge in [0.1, 0.15) is 0 Å². The zero-order valence-electron chi connectivity index (χ0n) is 5.94. The molecule has 0 aliphatic heterocycles. The predicted molar refractivity (Wildman–Crippen MR) is 57.6 cm³/mol. The summed E-state index contributed by atoms with van der Waals surface area (Å²) < 4.78 is 1.40. The van der Waals surface area contributed by atoms with Gasteiger partial charge in [-0.3, -0.25) is 0 Å². The van der Waals surface area contributed by atoms with Crippen LogP contribution in [0.1, 0.15) is 5.56 Å². The van der Waals surface area contributed by atoms with E-state index in [-0.39, 0.29) is 0 Å². The summed E-state index contributed by atoms with van der Waals surface area (Å²) in [5, 5.41) is 0. The third-order valence-corrected chi connectivity index (χ3v) is 11.9. The first-order valence-corrected chi connectivity index (χ1v) is 21.2. The van der Waals surface area contributed by atoms with E-state index in [0.29, 0.717) is 0 Å². The number of hydrogen-bond acceptors (Lipinski definition) is 0. The minimum absolute atomic E-state index is 1.34. The maximum absolute atomic E-state index is 3.68. The van der Waals surface area contributed by atoms with E-state index >= 15 is 0 Å². The van der Waals surface area contributed by atoms with Crippen LogP contribution in [-0.2, 0) is 13.2 Å². The third kappa shape index (κ3) is 3.06. The Hall–Kier alpha value is 1.54. The van der Waals surface area contributed by atoms with Gasteiger partial charge in [0, 0.05) is 0 Å². The summed E-state index contributed by atoms with van der Waals surface area (Å²) in [7, 11) is 0. The van der Waals surface area contributed by atoms with Gasteiger partial charge in [-0.2, -0.15) is 0 Å². The van der Waals surface area contributed by atoms with Gasteiger partial charge in [0.05, 0.1) is 0 Å². The summed E-state index contributed by atoms with van der Waals surface area (Å²) in [6.07, 6.45) is 0. The predicted octanol–water partition coefficient (Wildman–Crippen LogP) is 3.70. The van der Waals surface area contributed by atoms with Crippen molar-refractivity contribution in [2.45, 2.75) is 6.92 Å². The number of aryl methyl sites for hydroxylation is 1. The second-order valence-electron chi connectivity index (χ2n) is 2.31. The molecule has 60 valence electrons. The van der Waals surface area contributed by atoms with Gasteiger partial charge in [0.15, 0.2) is 0 Å². The molecule has 0 fully saturated rings. The molecule has 0 amide bonds. The molecular formula is C7H7Br3Zr. The van der Waals surface area contributed by atoms with Gasteiger partial charge in [0.2, 0.25) is 0 Å². The van der Waals surface area contributed by atoms with E-state index in [1.807, 2.05) is 0 Å². The van der Waals surface area contributed by atoms with Crippen LogP contribution in [0.4, 0.5) is 0 Å². The first kappa shape index (κ1) is 10.6. The van der Waals surface area contributed by atoms with E-state index in [1.54, 1.807) is 0 Å². The van der Waals surface area contributed by atoms with Crippen LogP contribution in [0.2, 0.25) is 0 Å². The minimum atomic E-state index is -2.34. The summed E-state index contributed by atoms with van der Waals surface area (Å²) in [6, 6.07) is 8.41. The number of halogens is 3. The standard InChI is InChI=1S/C7H7.3BrH.Zr/c1-7-5-3-2-4-6-7;;;;/h2-5H,1H3;3*1H;/q;;;;+3/p-3. The van der Waals surface area contributed by atoms with Crippen LogP contribution >= 0.6 is 36.7 Å². The Bertz CT molecular complexity index is 254.